The molecule has 0 saturated heterocycles. The standard InChI is InChI=1S/2C3H4F3.2ClH.Sn/c2*1-2-3(4,5)6;;;/h2*1-2H2;2*1H;/q;;;;+2/p-2. The van der Waals surface area contributed by atoms with Gasteiger partial charge in [-0.2, -0.15) is 0 Å². The Balaban J connectivity index is 3.98. The second kappa shape index (κ2) is 5.53. The molecule has 0 aliphatic carbocycles. The normalized spacial score (nSPS) is 14.4. The van der Waals surface area contributed by atoms with E-state index < -0.39 is 50.2 Å². The van der Waals surface area contributed by atoms with Crippen LogP contribution in [0, 0.1) is 0 Å². The quantitative estimate of drug-likeness (QED) is 0.483. The Bertz CT molecular complexity index is 179. The van der Waals surface area contributed by atoms with Crippen molar-refractivity contribution < 1.29 is 26.3 Å². The molecule has 15 heavy (non-hydrogen) atoms. The van der Waals surface area contributed by atoms with Crippen LogP contribution >= 0.6 is 17.8 Å². The molecule has 92 valence electrons. The molecule has 0 N–H and O–H groups in total. The first kappa shape index (κ1) is 16.0. The molecule has 0 rings (SSSR count). The fourth-order valence-corrected chi connectivity index (χ4v) is 7.73. The van der Waals surface area contributed by atoms with E-state index in [1.165, 1.54) is 0 Å². The van der Waals surface area contributed by atoms with Crippen LogP contribution in [0.5, 0.6) is 0 Å². The van der Waals surface area contributed by atoms with Crippen molar-refractivity contribution in [2.45, 2.75) is 34.1 Å². The van der Waals surface area contributed by atoms with Crippen molar-refractivity contribution in [1.29, 1.82) is 0 Å². The molecule has 0 fully saturated rings. The first-order valence-corrected chi connectivity index (χ1v) is 15.2. The van der Waals surface area contributed by atoms with Gasteiger partial charge >= 0.3 is 94.4 Å². The minimum absolute atomic E-state index is 0.530. The number of hydrogen-bond donors (Lipinski definition) is 0. The summed E-state index contributed by atoms with van der Waals surface area (Å²) in [6, 6.07) is 0. The van der Waals surface area contributed by atoms with Crippen LogP contribution in [0.15, 0.2) is 0 Å². The predicted octanol–water partition coefficient (Wildman–Crippen LogP) is 4.81. The van der Waals surface area contributed by atoms with Crippen molar-refractivity contribution >= 4 is 34.0 Å². The summed E-state index contributed by atoms with van der Waals surface area (Å²) in [5.41, 5.74) is 0. The number of hydrogen-bond acceptors (Lipinski definition) is 0. The van der Waals surface area contributed by atoms with Crippen LogP contribution in [0.25, 0.3) is 0 Å². The summed E-state index contributed by atoms with van der Waals surface area (Å²) in [5.74, 6) is 0. The Hall–Kier alpha value is 0.959. The molecule has 0 amide bonds. The van der Waals surface area contributed by atoms with Crippen LogP contribution in [0.3, 0.4) is 0 Å². The first-order chi connectivity index (χ1) is 6.41. The van der Waals surface area contributed by atoms with Crippen molar-refractivity contribution in [3.8, 4) is 0 Å². The number of rotatable bonds is 4. The SMILES string of the molecule is FC(F)(F)C[CH2][Sn]([Cl])([Cl])[CH2]CC(F)(F)F. The first-order valence-electron chi connectivity index (χ1n) is 3.93. The summed E-state index contributed by atoms with van der Waals surface area (Å²) in [7, 11) is 11.0. The van der Waals surface area contributed by atoms with Crippen LogP contribution in [0.1, 0.15) is 12.8 Å². The van der Waals surface area contributed by atoms with Crippen LogP contribution < -0.4 is 0 Å². The Morgan fingerprint density at radius 3 is 1.20 bits per heavy atom. The van der Waals surface area contributed by atoms with Gasteiger partial charge in [-0.1, -0.05) is 0 Å². The van der Waals surface area contributed by atoms with Gasteiger partial charge in [0.05, 0.1) is 0 Å². The monoisotopic (exact) mass is 384 g/mol. The van der Waals surface area contributed by atoms with E-state index in [4.69, 9.17) is 17.8 Å². The molecule has 9 heteroatoms. The Morgan fingerprint density at radius 1 is 0.733 bits per heavy atom. The Kier molecular flexibility index (Phi) is 5.88. The van der Waals surface area contributed by atoms with Gasteiger partial charge < -0.3 is 0 Å². The molecule has 0 nitrogen and oxygen atoms in total. The molecule has 0 spiro atoms. The average molecular weight is 384 g/mol. The molecule has 0 unspecified atom stereocenters. The van der Waals surface area contributed by atoms with Crippen LogP contribution in [-0.4, -0.2) is 28.5 Å². The fraction of sp³-hybridized carbons (Fsp3) is 1.00. The van der Waals surface area contributed by atoms with Crippen LogP contribution in [0.4, 0.5) is 26.3 Å². The van der Waals surface area contributed by atoms with Gasteiger partial charge in [0, 0.05) is 0 Å². The molecule has 0 aliphatic heterocycles. The van der Waals surface area contributed by atoms with E-state index in [9.17, 15) is 26.3 Å². The third kappa shape index (κ3) is 11.2. The van der Waals surface area contributed by atoms with E-state index in [0.29, 0.717) is 0 Å². The average Bonchev–Trinajstić information content (AvgIpc) is 1.96. The van der Waals surface area contributed by atoms with Crippen LogP contribution in [-0.2, 0) is 0 Å². The van der Waals surface area contributed by atoms with Gasteiger partial charge in [0.2, 0.25) is 0 Å². The van der Waals surface area contributed by atoms with E-state index in [0.717, 1.165) is 0 Å². The van der Waals surface area contributed by atoms with Gasteiger partial charge in [-0.3, -0.25) is 0 Å². The van der Waals surface area contributed by atoms with Crippen molar-refractivity contribution in [3.63, 3.8) is 0 Å². The van der Waals surface area contributed by atoms with Gasteiger partial charge in [0.1, 0.15) is 0 Å². The second-order valence-electron chi connectivity index (χ2n) is 3.09. The molecule has 0 saturated carbocycles. The van der Waals surface area contributed by atoms with Crippen molar-refractivity contribution in [3.05, 3.63) is 0 Å². The van der Waals surface area contributed by atoms with Crippen molar-refractivity contribution in [1.82, 2.24) is 0 Å². The molecule has 0 atom stereocenters. The van der Waals surface area contributed by atoms with Gasteiger partial charge in [-0.05, 0) is 0 Å². The van der Waals surface area contributed by atoms with Gasteiger partial charge in [0.15, 0.2) is 0 Å². The Morgan fingerprint density at radius 2 is 1.00 bits per heavy atom. The molecule has 0 bridgehead atoms. The molecule has 0 aromatic carbocycles. The van der Waals surface area contributed by atoms with E-state index in [1.807, 2.05) is 0 Å². The van der Waals surface area contributed by atoms with E-state index >= 15 is 0 Å². The topological polar surface area (TPSA) is 0 Å². The number of halogens is 8. The van der Waals surface area contributed by atoms with Crippen LogP contribution in [0.2, 0.25) is 8.87 Å². The summed E-state index contributed by atoms with van der Waals surface area (Å²) in [4.78, 5) is 0. The van der Waals surface area contributed by atoms with Gasteiger partial charge in [0.25, 0.3) is 0 Å². The molecule has 0 heterocycles. The summed E-state index contributed by atoms with van der Waals surface area (Å²) < 4.78 is 69.5. The van der Waals surface area contributed by atoms with Crippen molar-refractivity contribution in [2.75, 3.05) is 0 Å². The third-order valence-corrected chi connectivity index (χ3v) is 12.2. The molecular formula is C6H8Cl2F6Sn. The maximum atomic E-state index is 11.8. The molecular weight excluding hydrogens is 376 g/mol. The van der Waals surface area contributed by atoms with E-state index in [2.05, 4.69) is 0 Å². The molecule has 0 aromatic rings. The van der Waals surface area contributed by atoms with Crippen molar-refractivity contribution in [2.24, 2.45) is 0 Å². The molecule has 0 aliphatic rings. The predicted molar refractivity (Wildman–Crippen MR) is 48.4 cm³/mol. The summed E-state index contributed by atoms with van der Waals surface area (Å²) >= 11 is -4.15. The number of alkyl halides is 6. The van der Waals surface area contributed by atoms with Gasteiger partial charge in [-0.25, -0.2) is 0 Å². The zero-order chi connectivity index (χ0) is 12.3. The summed E-state index contributed by atoms with van der Waals surface area (Å²) in [5, 5.41) is 0. The summed E-state index contributed by atoms with van der Waals surface area (Å²) in [6.45, 7) is 0. The zero-order valence-electron chi connectivity index (χ0n) is 7.35. The second-order valence-corrected chi connectivity index (χ2v) is 21.8. The fourth-order valence-electron chi connectivity index (χ4n) is 0.774. The molecule has 0 aromatic heterocycles. The minimum atomic E-state index is -4.41. The Labute approximate surface area is 94.2 Å². The maximum absolute atomic E-state index is 11.8. The van der Waals surface area contributed by atoms with E-state index in [1.54, 1.807) is 0 Å². The van der Waals surface area contributed by atoms with E-state index in [-0.39, 0.29) is 0 Å². The molecule has 0 radical (unpaired) electrons. The zero-order valence-corrected chi connectivity index (χ0v) is 11.7. The summed E-state index contributed by atoms with van der Waals surface area (Å²) in [6.07, 6.45) is -11.2. The van der Waals surface area contributed by atoms with Gasteiger partial charge in [-0.15, -0.1) is 0 Å². The third-order valence-electron chi connectivity index (χ3n) is 1.55.